The lowest BCUT2D eigenvalue weighted by atomic mass is 9.95. The summed E-state index contributed by atoms with van der Waals surface area (Å²) < 4.78 is 10.1. The Morgan fingerprint density at radius 1 is 1.22 bits per heavy atom. The van der Waals surface area contributed by atoms with Crippen molar-refractivity contribution in [3.05, 3.63) is 29.3 Å². The number of nitrogens with one attached hydrogen (secondary N) is 2. The van der Waals surface area contributed by atoms with E-state index in [0.717, 1.165) is 0 Å². The third-order valence-corrected chi connectivity index (χ3v) is 6.53. The summed E-state index contributed by atoms with van der Waals surface area (Å²) in [6.45, 7) is 12.3. The summed E-state index contributed by atoms with van der Waals surface area (Å²) in [6.07, 6.45) is 0.559. The van der Waals surface area contributed by atoms with Gasteiger partial charge < -0.3 is 30.1 Å². The van der Waals surface area contributed by atoms with Gasteiger partial charge in [0.2, 0.25) is 11.8 Å². The first-order valence-electron chi connectivity index (χ1n) is 12.7. The summed E-state index contributed by atoms with van der Waals surface area (Å²) in [5, 5.41) is 15.4. The third-order valence-electron chi connectivity index (χ3n) is 6.53. The quantitative estimate of drug-likeness (QED) is 0.404. The minimum atomic E-state index is -1.10. The number of nitrogens with zero attached hydrogens (tertiary/aromatic N) is 1. The van der Waals surface area contributed by atoms with Gasteiger partial charge in [0.25, 0.3) is 0 Å². The van der Waals surface area contributed by atoms with E-state index in [2.05, 4.69) is 15.4 Å². The number of hydrogen-bond donors (Lipinski definition) is 3. The van der Waals surface area contributed by atoms with E-state index in [1.54, 1.807) is 39.8 Å². The Morgan fingerprint density at radius 2 is 1.84 bits per heavy atom. The molecule has 1 aromatic carbocycles. The van der Waals surface area contributed by atoms with Crippen LogP contribution >= 0.6 is 0 Å². The number of benzene rings is 1. The molecule has 1 fully saturated rings. The van der Waals surface area contributed by atoms with Gasteiger partial charge in [-0.3, -0.25) is 14.4 Å². The van der Waals surface area contributed by atoms with Crippen LogP contribution in [0.4, 0.5) is 4.79 Å². The lowest BCUT2D eigenvalue weighted by molar-refractivity contribution is -0.146. The van der Waals surface area contributed by atoms with Crippen LogP contribution in [0.25, 0.3) is 0 Å². The van der Waals surface area contributed by atoms with Crippen LogP contribution in [-0.2, 0) is 23.9 Å². The van der Waals surface area contributed by atoms with Crippen LogP contribution in [0.15, 0.2) is 18.2 Å². The van der Waals surface area contributed by atoms with Crippen molar-refractivity contribution in [2.24, 2.45) is 11.8 Å². The second kappa shape index (κ2) is 12.3. The number of aryl methyl sites for hydroxylation is 1. The van der Waals surface area contributed by atoms with Gasteiger partial charge in [-0.1, -0.05) is 33.3 Å². The summed E-state index contributed by atoms with van der Waals surface area (Å²) in [7, 11) is 1.22. The van der Waals surface area contributed by atoms with Crippen LogP contribution in [0.2, 0.25) is 0 Å². The molecule has 1 aliphatic rings. The van der Waals surface area contributed by atoms with E-state index in [1.165, 1.54) is 18.1 Å². The molecule has 2 rings (SSSR count). The van der Waals surface area contributed by atoms with Crippen molar-refractivity contribution in [3.8, 4) is 5.75 Å². The van der Waals surface area contributed by atoms with E-state index in [-0.39, 0.29) is 30.2 Å². The average Bonchev–Trinajstić information content (AvgIpc) is 3.54. The Hall–Kier alpha value is -3.30. The van der Waals surface area contributed by atoms with Crippen LogP contribution in [0.1, 0.15) is 71.6 Å². The summed E-state index contributed by atoms with van der Waals surface area (Å²) in [5.74, 6) is -1.68. The molecule has 0 aromatic heterocycles. The van der Waals surface area contributed by atoms with Gasteiger partial charge in [-0.25, -0.2) is 4.79 Å². The predicted molar refractivity (Wildman–Crippen MR) is 138 cm³/mol. The maximum atomic E-state index is 14.2. The van der Waals surface area contributed by atoms with Crippen LogP contribution < -0.4 is 10.6 Å². The normalized spacial score (nSPS) is 19.1. The van der Waals surface area contributed by atoms with Gasteiger partial charge in [-0.15, -0.1) is 0 Å². The smallest absolute Gasteiger partial charge is 0.408 e. The molecule has 206 valence electrons. The van der Waals surface area contributed by atoms with E-state index in [9.17, 15) is 24.3 Å². The van der Waals surface area contributed by atoms with Gasteiger partial charge in [0.05, 0.1) is 7.11 Å². The monoisotopic (exact) mass is 519 g/mol. The van der Waals surface area contributed by atoms with E-state index in [1.807, 2.05) is 20.8 Å². The fourth-order valence-corrected chi connectivity index (χ4v) is 4.07. The second-order valence-corrected chi connectivity index (χ2v) is 10.8. The van der Waals surface area contributed by atoms with E-state index in [4.69, 9.17) is 4.74 Å². The third kappa shape index (κ3) is 8.10. The molecule has 5 atom stereocenters. The highest BCUT2D eigenvalue weighted by Gasteiger charge is 2.49. The van der Waals surface area contributed by atoms with E-state index < -0.39 is 41.6 Å². The van der Waals surface area contributed by atoms with Crippen LogP contribution in [0, 0.1) is 18.8 Å². The van der Waals surface area contributed by atoms with E-state index in [0.29, 0.717) is 24.0 Å². The zero-order valence-electron chi connectivity index (χ0n) is 23.1. The van der Waals surface area contributed by atoms with Crippen molar-refractivity contribution in [3.63, 3.8) is 0 Å². The molecule has 0 aliphatic heterocycles. The molecule has 3 N–H and O–H groups in total. The molecule has 0 heterocycles. The van der Waals surface area contributed by atoms with Crippen molar-refractivity contribution in [1.29, 1.82) is 0 Å². The second-order valence-electron chi connectivity index (χ2n) is 10.8. The average molecular weight is 520 g/mol. The van der Waals surface area contributed by atoms with Crippen molar-refractivity contribution < 1.29 is 33.8 Å². The Labute approximate surface area is 219 Å². The van der Waals surface area contributed by atoms with Crippen LogP contribution in [0.5, 0.6) is 5.75 Å². The first kappa shape index (κ1) is 29.9. The summed E-state index contributed by atoms with van der Waals surface area (Å²) in [5.41, 5.74) is 0.257. The maximum Gasteiger partial charge on any atom is 0.408 e. The van der Waals surface area contributed by atoms with E-state index >= 15 is 0 Å². The lowest BCUT2D eigenvalue weighted by Crippen LogP contribution is -2.56. The zero-order chi connectivity index (χ0) is 28.1. The molecular formula is C27H41N3O7. The van der Waals surface area contributed by atoms with Crippen LogP contribution in [-0.4, -0.2) is 65.2 Å². The minimum absolute atomic E-state index is 0.0548. The molecule has 37 heavy (non-hydrogen) atoms. The number of methoxy groups -OCH3 is 1. The topological polar surface area (TPSA) is 134 Å². The molecular weight excluding hydrogens is 478 g/mol. The molecule has 1 aliphatic carbocycles. The number of carbonyl (C=O) groups is 4. The Morgan fingerprint density at radius 3 is 2.32 bits per heavy atom. The number of aromatic hydroxyl groups is 1. The largest absolute Gasteiger partial charge is 0.508 e. The molecule has 3 amide bonds. The van der Waals surface area contributed by atoms with Gasteiger partial charge >= 0.3 is 12.1 Å². The molecule has 1 aromatic rings. The van der Waals surface area contributed by atoms with Gasteiger partial charge in [-0.2, -0.15) is 0 Å². The summed E-state index contributed by atoms with van der Waals surface area (Å²) >= 11 is 0. The van der Waals surface area contributed by atoms with Crippen molar-refractivity contribution >= 4 is 23.9 Å². The van der Waals surface area contributed by atoms with Gasteiger partial charge in [0.1, 0.15) is 30.0 Å². The number of phenols is 1. The number of hydrogen-bond acceptors (Lipinski definition) is 7. The molecule has 0 spiro atoms. The van der Waals surface area contributed by atoms with Crippen molar-refractivity contribution in [2.45, 2.75) is 85.0 Å². The maximum absolute atomic E-state index is 14.2. The highest BCUT2D eigenvalue weighted by molar-refractivity contribution is 5.93. The molecule has 10 heteroatoms. The number of carbonyl (C=O) groups excluding carboxylic acids is 4. The first-order valence-corrected chi connectivity index (χ1v) is 12.7. The SMILES string of the molecule is CCC(C)C(NC(=O)OC(C)(C)C)C(=O)N(C(C(=O)NCC(=O)OC)c1ccc(O)c(C)c1)C1CC1C. The molecule has 0 radical (unpaired) electrons. The molecule has 1 saturated carbocycles. The molecule has 0 bridgehead atoms. The lowest BCUT2D eigenvalue weighted by Gasteiger charge is -2.36. The Bertz CT molecular complexity index is 1000. The molecule has 0 saturated heterocycles. The zero-order valence-corrected chi connectivity index (χ0v) is 23.1. The number of ether oxygens (including phenoxy) is 2. The molecule has 10 nitrogen and oxygen atoms in total. The first-order chi connectivity index (χ1) is 17.2. The van der Waals surface area contributed by atoms with Gasteiger partial charge in [0.15, 0.2) is 0 Å². The Kier molecular flexibility index (Phi) is 9.94. The van der Waals surface area contributed by atoms with Gasteiger partial charge in [0, 0.05) is 6.04 Å². The minimum Gasteiger partial charge on any atom is -0.508 e. The molecule has 5 unspecified atom stereocenters. The number of rotatable bonds is 10. The summed E-state index contributed by atoms with van der Waals surface area (Å²) in [6, 6.07) is 2.40. The van der Waals surface area contributed by atoms with Crippen molar-refractivity contribution in [2.75, 3.05) is 13.7 Å². The highest BCUT2D eigenvalue weighted by Crippen LogP contribution is 2.41. The van der Waals surface area contributed by atoms with Crippen LogP contribution in [0.3, 0.4) is 0 Å². The van der Waals surface area contributed by atoms with Crippen molar-refractivity contribution in [1.82, 2.24) is 15.5 Å². The van der Waals surface area contributed by atoms with Gasteiger partial charge in [-0.05, 0) is 69.2 Å². The fraction of sp³-hybridized carbons (Fsp3) is 0.630. The number of esters is 1. The fourth-order valence-electron chi connectivity index (χ4n) is 4.07. The summed E-state index contributed by atoms with van der Waals surface area (Å²) in [4.78, 5) is 53.6. The Balaban J connectivity index is 2.53. The number of amides is 3. The highest BCUT2D eigenvalue weighted by atomic mass is 16.6. The predicted octanol–water partition coefficient (Wildman–Crippen LogP) is 3.21. The standard InChI is InChI=1S/C27H41N3O7/c1-9-15(2)22(29-26(35)37-27(5,6)7)25(34)30(19-13-16(19)3)23(24(33)28-14-21(32)36-8)18-10-11-20(31)17(4)12-18/h10-12,15-16,19,22-23,31H,9,13-14H2,1-8H3,(H,28,33)(H,29,35). The number of phenolic OH excluding ortho intramolecular Hbond substituents is 1. The number of alkyl carbamates (subject to hydrolysis) is 1.